The van der Waals surface area contributed by atoms with Gasteiger partial charge in [-0.05, 0) is 43.7 Å². The summed E-state index contributed by atoms with van der Waals surface area (Å²) in [6.45, 7) is 3.48. The summed E-state index contributed by atoms with van der Waals surface area (Å²) < 4.78 is 26.7. The summed E-state index contributed by atoms with van der Waals surface area (Å²) in [4.78, 5) is 20.7. The molecule has 0 spiro atoms. The Kier molecular flexibility index (Phi) is 5.32. The van der Waals surface area contributed by atoms with E-state index in [1.807, 2.05) is 13.0 Å². The summed E-state index contributed by atoms with van der Waals surface area (Å²) in [5.41, 5.74) is 1.46. The van der Waals surface area contributed by atoms with Crippen molar-refractivity contribution in [2.75, 3.05) is 10.6 Å². The first-order valence-electron chi connectivity index (χ1n) is 7.97. The lowest BCUT2D eigenvalue weighted by molar-refractivity contribution is 0.102. The molecule has 2 aromatic carbocycles. The molecular formula is C19H15ClF2N4O. The number of amides is 1. The van der Waals surface area contributed by atoms with E-state index in [1.54, 1.807) is 19.1 Å². The standard InChI is InChI=1S/C19H15ClF2N4O/c1-10-13(20)4-3-5-15(10)25-18-9-17(23-11(2)24-18)19(27)26-16-7-6-12(21)8-14(16)22/h3-9H,1-2H3,(H,26,27)(H,23,24,25). The number of benzene rings is 2. The molecule has 0 atom stereocenters. The second-order valence-electron chi connectivity index (χ2n) is 5.80. The molecule has 1 aromatic heterocycles. The number of nitrogens with zero attached hydrogens (tertiary/aromatic N) is 2. The molecule has 2 N–H and O–H groups in total. The predicted molar refractivity (Wildman–Crippen MR) is 101 cm³/mol. The molecule has 3 aromatic rings. The molecule has 0 saturated carbocycles. The van der Waals surface area contributed by atoms with Crippen LogP contribution in [0.2, 0.25) is 5.02 Å². The molecule has 138 valence electrons. The van der Waals surface area contributed by atoms with Crippen LogP contribution in [-0.4, -0.2) is 15.9 Å². The van der Waals surface area contributed by atoms with E-state index in [9.17, 15) is 13.6 Å². The third kappa shape index (κ3) is 4.38. The maximum absolute atomic E-state index is 13.7. The van der Waals surface area contributed by atoms with Crippen LogP contribution in [0.4, 0.5) is 26.0 Å². The topological polar surface area (TPSA) is 66.9 Å². The van der Waals surface area contributed by atoms with E-state index in [2.05, 4.69) is 20.6 Å². The van der Waals surface area contributed by atoms with E-state index in [4.69, 9.17) is 11.6 Å². The van der Waals surface area contributed by atoms with Crippen LogP contribution in [0.3, 0.4) is 0 Å². The van der Waals surface area contributed by atoms with Gasteiger partial charge in [0.1, 0.15) is 29.0 Å². The Hall–Kier alpha value is -3.06. The zero-order valence-electron chi connectivity index (χ0n) is 14.5. The lowest BCUT2D eigenvalue weighted by atomic mass is 10.2. The van der Waals surface area contributed by atoms with Crippen molar-refractivity contribution in [2.24, 2.45) is 0 Å². The van der Waals surface area contributed by atoms with Gasteiger partial charge in [0.05, 0.1) is 5.69 Å². The molecule has 0 radical (unpaired) electrons. The molecule has 1 amide bonds. The summed E-state index contributed by atoms with van der Waals surface area (Å²) in [6, 6.07) is 9.70. The number of aryl methyl sites for hydroxylation is 1. The molecule has 0 unspecified atom stereocenters. The van der Waals surface area contributed by atoms with E-state index < -0.39 is 17.5 Å². The molecule has 27 heavy (non-hydrogen) atoms. The van der Waals surface area contributed by atoms with Crippen molar-refractivity contribution in [2.45, 2.75) is 13.8 Å². The number of halogens is 3. The molecule has 0 aliphatic carbocycles. The second kappa shape index (κ2) is 7.67. The van der Waals surface area contributed by atoms with Crippen LogP contribution in [0, 0.1) is 25.5 Å². The lowest BCUT2D eigenvalue weighted by Gasteiger charge is -2.12. The summed E-state index contributed by atoms with van der Waals surface area (Å²) in [7, 11) is 0. The zero-order valence-corrected chi connectivity index (χ0v) is 15.2. The third-order valence-electron chi connectivity index (χ3n) is 3.78. The minimum atomic E-state index is -0.873. The van der Waals surface area contributed by atoms with Crippen molar-refractivity contribution in [3.63, 3.8) is 0 Å². The van der Waals surface area contributed by atoms with Crippen LogP contribution in [0.25, 0.3) is 0 Å². The first-order valence-corrected chi connectivity index (χ1v) is 8.35. The van der Waals surface area contributed by atoms with Gasteiger partial charge < -0.3 is 10.6 Å². The van der Waals surface area contributed by atoms with E-state index in [0.717, 1.165) is 23.4 Å². The third-order valence-corrected chi connectivity index (χ3v) is 4.19. The average molecular weight is 389 g/mol. The highest BCUT2D eigenvalue weighted by Gasteiger charge is 2.14. The van der Waals surface area contributed by atoms with Gasteiger partial charge in [0.15, 0.2) is 0 Å². The molecule has 8 heteroatoms. The van der Waals surface area contributed by atoms with Crippen molar-refractivity contribution in [3.05, 3.63) is 76.2 Å². The SMILES string of the molecule is Cc1nc(Nc2cccc(Cl)c2C)cc(C(=O)Nc2ccc(F)cc2F)n1. The highest BCUT2D eigenvalue weighted by Crippen LogP contribution is 2.26. The van der Waals surface area contributed by atoms with Gasteiger partial charge in [0.2, 0.25) is 0 Å². The molecule has 3 rings (SSSR count). The fourth-order valence-corrected chi connectivity index (χ4v) is 2.58. The Balaban J connectivity index is 1.86. The number of hydrogen-bond donors (Lipinski definition) is 2. The van der Waals surface area contributed by atoms with Crippen molar-refractivity contribution in [1.82, 2.24) is 9.97 Å². The van der Waals surface area contributed by atoms with Gasteiger partial charge in [-0.15, -0.1) is 0 Å². The predicted octanol–water partition coefficient (Wildman–Crippen LogP) is 5.02. The highest BCUT2D eigenvalue weighted by atomic mass is 35.5. The van der Waals surface area contributed by atoms with Crippen LogP contribution in [-0.2, 0) is 0 Å². The summed E-state index contributed by atoms with van der Waals surface area (Å²) >= 11 is 6.11. The number of aromatic nitrogens is 2. The van der Waals surface area contributed by atoms with Crippen LogP contribution in [0.5, 0.6) is 0 Å². The minimum absolute atomic E-state index is 0.0356. The Labute approximate surface area is 159 Å². The van der Waals surface area contributed by atoms with Gasteiger partial charge in [0.25, 0.3) is 5.91 Å². The lowest BCUT2D eigenvalue weighted by Crippen LogP contribution is -2.16. The van der Waals surface area contributed by atoms with Crippen molar-refractivity contribution < 1.29 is 13.6 Å². The molecular weight excluding hydrogens is 374 g/mol. The van der Waals surface area contributed by atoms with Gasteiger partial charge in [0, 0.05) is 22.8 Å². The van der Waals surface area contributed by atoms with Gasteiger partial charge in [-0.1, -0.05) is 17.7 Å². The van der Waals surface area contributed by atoms with Crippen molar-refractivity contribution in [3.8, 4) is 0 Å². The fourth-order valence-electron chi connectivity index (χ4n) is 2.41. The monoisotopic (exact) mass is 388 g/mol. The Bertz CT molecular complexity index is 1030. The number of rotatable bonds is 4. The van der Waals surface area contributed by atoms with Gasteiger partial charge in [-0.25, -0.2) is 18.7 Å². The number of hydrogen-bond acceptors (Lipinski definition) is 4. The minimum Gasteiger partial charge on any atom is -0.340 e. The first-order chi connectivity index (χ1) is 12.8. The number of nitrogens with one attached hydrogen (secondary N) is 2. The quantitative estimate of drug-likeness (QED) is 0.658. The smallest absolute Gasteiger partial charge is 0.274 e. The van der Waals surface area contributed by atoms with Crippen LogP contribution < -0.4 is 10.6 Å². The first kappa shape index (κ1) is 18.7. The Morgan fingerprint density at radius 3 is 2.56 bits per heavy atom. The molecule has 1 heterocycles. The van der Waals surface area contributed by atoms with E-state index in [-0.39, 0.29) is 11.4 Å². The molecule has 5 nitrogen and oxygen atoms in total. The maximum Gasteiger partial charge on any atom is 0.274 e. The molecule has 0 aliphatic heterocycles. The van der Waals surface area contributed by atoms with Gasteiger partial charge in [-0.3, -0.25) is 4.79 Å². The number of carbonyl (C=O) groups excluding carboxylic acids is 1. The summed E-state index contributed by atoms with van der Waals surface area (Å²) in [6.07, 6.45) is 0. The van der Waals surface area contributed by atoms with Gasteiger partial charge in [-0.2, -0.15) is 0 Å². The largest absolute Gasteiger partial charge is 0.340 e. The van der Waals surface area contributed by atoms with Crippen molar-refractivity contribution in [1.29, 1.82) is 0 Å². The van der Waals surface area contributed by atoms with Crippen LogP contribution in [0.15, 0.2) is 42.5 Å². The number of anilines is 3. The van der Waals surface area contributed by atoms with E-state index >= 15 is 0 Å². The fraction of sp³-hybridized carbons (Fsp3) is 0.105. The Morgan fingerprint density at radius 1 is 1.04 bits per heavy atom. The summed E-state index contributed by atoms with van der Waals surface area (Å²) in [5, 5.41) is 6.06. The van der Waals surface area contributed by atoms with E-state index in [0.29, 0.717) is 22.7 Å². The molecule has 0 bridgehead atoms. The normalized spacial score (nSPS) is 10.6. The van der Waals surface area contributed by atoms with Crippen LogP contribution >= 0.6 is 11.6 Å². The number of carbonyl (C=O) groups is 1. The molecule has 0 saturated heterocycles. The van der Waals surface area contributed by atoms with Crippen molar-refractivity contribution >= 4 is 34.7 Å². The summed E-state index contributed by atoms with van der Waals surface area (Å²) in [5.74, 6) is -1.51. The van der Waals surface area contributed by atoms with E-state index in [1.165, 1.54) is 6.07 Å². The average Bonchev–Trinajstić information content (AvgIpc) is 2.61. The van der Waals surface area contributed by atoms with Crippen LogP contribution in [0.1, 0.15) is 21.9 Å². The zero-order chi connectivity index (χ0) is 19.6. The Morgan fingerprint density at radius 2 is 1.81 bits per heavy atom. The maximum atomic E-state index is 13.7. The molecule has 0 aliphatic rings. The van der Waals surface area contributed by atoms with Gasteiger partial charge >= 0.3 is 0 Å². The second-order valence-corrected chi connectivity index (χ2v) is 6.21. The highest BCUT2D eigenvalue weighted by molar-refractivity contribution is 6.31. The molecule has 0 fully saturated rings.